The fourth-order valence-corrected chi connectivity index (χ4v) is 4.04. The van der Waals surface area contributed by atoms with Crippen LogP contribution in [0.25, 0.3) is 0 Å². The predicted octanol–water partition coefficient (Wildman–Crippen LogP) is 1.54. The Morgan fingerprint density at radius 1 is 1.12 bits per heavy atom. The molecule has 0 unspecified atom stereocenters. The zero-order valence-electron chi connectivity index (χ0n) is 14.4. The maximum atomic E-state index is 12.6. The fourth-order valence-electron chi connectivity index (χ4n) is 2.62. The van der Waals surface area contributed by atoms with E-state index in [4.69, 9.17) is 0 Å². The Morgan fingerprint density at radius 2 is 1.69 bits per heavy atom. The van der Waals surface area contributed by atoms with Gasteiger partial charge < -0.3 is 5.32 Å². The van der Waals surface area contributed by atoms with Gasteiger partial charge in [-0.15, -0.1) is 0 Å². The van der Waals surface area contributed by atoms with Crippen molar-refractivity contribution in [2.24, 2.45) is 0 Å². The van der Waals surface area contributed by atoms with Gasteiger partial charge in [-0.05, 0) is 30.7 Å². The summed E-state index contributed by atoms with van der Waals surface area (Å²) in [4.78, 5) is 13.4. The third-order valence-corrected chi connectivity index (χ3v) is 6.00. The highest BCUT2D eigenvalue weighted by molar-refractivity contribution is 7.89. The Balaban J connectivity index is 1.96. The lowest BCUT2D eigenvalue weighted by Gasteiger charge is -2.33. The number of amides is 1. The average Bonchev–Trinajstić information content (AvgIpc) is 2.60. The summed E-state index contributed by atoms with van der Waals surface area (Å²) in [5.41, 5.74) is -0.889. The topological polar surface area (TPSA) is 69.7 Å². The van der Waals surface area contributed by atoms with Gasteiger partial charge in [0.05, 0.1) is 17.0 Å². The minimum atomic E-state index is -4.51. The number of carbonyl (C=O) groups excluding carboxylic acids is 1. The number of piperazine rings is 1. The van der Waals surface area contributed by atoms with Crippen molar-refractivity contribution in [1.82, 2.24) is 14.5 Å². The van der Waals surface area contributed by atoms with Crippen LogP contribution in [-0.2, 0) is 21.0 Å². The number of halogens is 3. The maximum absolute atomic E-state index is 12.6. The Morgan fingerprint density at radius 3 is 2.19 bits per heavy atom. The summed E-state index contributed by atoms with van der Waals surface area (Å²) < 4.78 is 64.2. The Labute approximate surface area is 151 Å². The lowest BCUT2D eigenvalue weighted by molar-refractivity contribution is -0.137. The predicted molar refractivity (Wildman–Crippen MR) is 89.9 cm³/mol. The lowest BCUT2D eigenvalue weighted by Crippen LogP contribution is -2.51. The van der Waals surface area contributed by atoms with Crippen LogP contribution in [0.5, 0.6) is 0 Å². The van der Waals surface area contributed by atoms with Crippen LogP contribution in [-0.4, -0.2) is 62.8 Å². The molecule has 1 aliphatic rings. The summed E-state index contributed by atoms with van der Waals surface area (Å²) in [6.07, 6.45) is -3.67. The number of alkyl halides is 3. The van der Waals surface area contributed by atoms with E-state index in [1.54, 1.807) is 0 Å². The molecule has 0 radical (unpaired) electrons. The molecule has 0 aliphatic carbocycles. The second-order valence-corrected chi connectivity index (χ2v) is 7.99. The quantitative estimate of drug-likeness (QED) is 0.796. The largest absolute Gasteiger partial charge is 0.416 e. The first kappa shape index (κ1) is 20.7. The summed E-state index contributed by atoms with van der Waals surface area (Å²) in [6, 6.07) is 3.48. The molecule has 10 heteroatoms. The molecule has 0 saturated carbocycles. The molecule has 1 aromatic carbocycles. The van der Waals surface area contributed by atoms with Gasteiger partial charge in [0.1, 0.15) is 0 Å². The summed E-state index contributed by atoms with van der Waals surface area (Å²) in [6.45, 7) is 3.90. The van der Waals surface area contributed by atoms with Crippen LogP contribution in [0, 0.1) is 0 Å². The molecule has 26 heavy (non-hydrogen) atoms. The number of nitrogens with zero attached hydrogens (tertiary/aromatic N) is 2. The van der Waals surface area contributed by atoms with E-state index in [-0.39, 0.29) is 30.4 Å². The van der Waals surface area contributed by atoms with E-state index in [0.717, 1.165) is 30.7 Å². The molecule has 0 bridgehead atoms. The molecule has 1 fully saturated rings. The van der Waals surface area contributed by atoms with Crippen molar-refractivity contribution in [2.75, 3.05) is 39.3 Å². The van der Waals surface area contributed by atoms with Gasteiger partial charge in [0.15, 0.2) is 0 Å². The molecule has 1 aliphatic heterocycles. The molecule has 0 atom stereocenters. The van der Waals surface area contributed by atoms with Crippen molar-refractivity contribution in [3.8, 4) is 0 Å². The Hall–Kier alpha value is -1.65. The van der Waals surface area contributed by atoms with Crippen molar-refractivity contribution in [3.63, 3.8) is 0 Å². The molecule has 0 aromatic heterocycles. The fraction of sp³-hybridized carbons (Fsp3) is 0.562. The molecule has 2 rings (SSSR count). The van der Waals surface area contributed by atoms with Crippen LogP contribution in [0.3, 0.4) is 0 Å². The highest BCUT2D eigenvalue weighted by Crippen LogP contribution is 2.30. The van der Waals surface area contributed by atoms with Crippen LogP contribution in [0.2, 0.25) is 0 Å². The van der Waals surface area contributed by atoms with Crippen LogP contribution in [0.4, 0.5) is 13.2 Å². The molecule has 1 N–H and O–H groups in total. The Kier molecular flexibility index (Phi) is 6.64. The van der Waals surface area contributed by atoms with E-state index in [2.05, 4.69) is 5.32 Å². The molecule has 1 saturated heterocycles. The summed E-state index contributed by atoms with van der Waals surface area (Å²) in [5.74, 6) is -0.106. The van der Waals surface area contributed by atoms with Crippen molar-refractivity contribution < 1.29 is 26.4 Å². The summed E-state index contributed by atoms with van der Waals surface area (Å²) in [7, 11) is -3.85. The standard InChI is InChI=1S/C16H22F3N3O3S/c1-2-7-20-15(23)12-21-8-10-22(11-9-21)26(24,25)14-5-3-13(4-6-14)16(17,18)19/h3-6H,2,7-12H2,1H3,(H,20,23). The van der Waals surface area contributed by atoms with E-state index in [1.165, 1.54) is 4.31 Å². The van der Waals surface area contributed by atoms with Crippen molar-refractivity contribution in [1.29, 1.82) is 0 Å². The highest BCUT2D eigenvalue weighted by atomic mass is 32.2. The number of benzene rings is 1. The molecule has 1 amide bonds. The minimum Gasteiger partial charge on any atom is -0.355 e. The molecule has 1 heterocycles. The highest BCUT2D eigenvalue weighted by Gasteiger charge is 2.32. The van der Waals surface area contributed by atoms with E-state index < -0.39 is 21.8 Å². The van der Waals surface area contributed by atoms with E-state index in [9.17, 15) is 26.4 Å². The van der Waals surface area contributed by atoms with Gasteiger partial charge in [0.25, 0.3) is 0 Å². The van der Waals surface area contributed by atoms with Crippen LogP contribution in [0.1, 0.15) is 18.9 Å². The molecule has 0 spiro atoms. The first-order valence-electron chi connectivity index (χ1n) is 8.31. The van der Waals surface area contributed by atoms with Gasteiger partial charge in [-0.2, -0.15) is 17.5 Å². The number of hydrogen-bond acceptors (Lipinski definition) is 4. The van der Waals surface area contributed by atoms with Gasteiger partial charge in [-0.3, -0.25) is 9.69 Å². The monoisotopic (exact) mass is 393 g/mol. The van der Waals surface area contributed by atoms with Crippen molar-refractivity contribution >= 4 is 15.9 Å². The number of nitrogens with one attached hydrogen (secondary N) is 1. The third-order valence-electron chi connectivity index (χ3n) is 4.09. The van der Waals surface area contributed by atoms with Gasteiger partial charge in [0, 0.05) is 32.7 Å². The SMILES string of the molecule is CCCNC(=O)CN1CCN(S(=O)(=O)c2ccc(C(F)(F)F)cc2)CC1. The second kappa shape index (κ2) is 8.36. The Bertz CT molecular complexity index is 712. The first-order valence-corrected chi connectivity index (χ1v) is 9.75. The number of sulfonamides is 1. The molecular formula is C16H22F3N3O3S. The normalized spacial score (nSPS) is 17.2. The maximum Gasteiger partial charge on any atom is 0.416 e. The first-order chi connectivity index (χ1) is 12.1. The third kappa shape index (κ3) is 5.18. The number of hydrogen-bond donors (Lipinski definition) is 1. The van der Waals surface area contributed by atoms with Crippen LogP contribution in [0.15, 0.2) is 29.2 Å². The van der Waals surface area contributed by atoms with E-state index >= 15 is 0 Å². The zero-order valence-corrected chi connectivity index (χ0v) is 15.2. The zero-order chi connectivity index (χ0) is 19.4. The van der Waals surface area contributed by atoms with Crippen molar-refractivity contribution in [3.05, 3.63) is 29.8 Å². The number of carbonyl (C=O) groups is 1. The lowest BCUT2D eigenvalue weighted by atomic mass is 10.2. The van der Waals surface area contributed by atoms with Gasteiger partial charge in [-0.25, -0.2) is 8.42 Å². The van der Waals surface area contributed by atoms with E-state index in [0.29, 0.717) is 19.6 Å². The molecule has 146 valence electrons. The number of rotatable bonds is 6. The molecule has 1 aromatic rings. The van der Waals surface area contributed by atoms with Crippen LogP contribution < -0.4 is 5.32 Å². The van der Waals surface area contributed by atoms with E-state index in [1.807, 2.05) is 11.8 Å². The van der Waals surface area contributed by atoms with Gasteiger partial charge in [-0.1, -0.05) is 6.92 Å². The van der Waals surface area contributed by atoms with Gasteiger partial charge >= 0.3 is 6.18 Å². The summed E-state index contributed by atoms with van der Waals surface area (Å²) in [5, 5.41) is 2.76. The smallest absolute Gasteiger partial charge is 0.355 e. The minimum absolute atomic E-state index is 0.106. The average molecular weight is 393 g/mol. The molecular weight excluding hydrogens is 371 g/mol. The van der Waals surface area contributed by atoms with Crippen LogP contribution >= 0.6 is 0 Å². The molecule has 6 nitrogen and oxygen atoms in total. The second-order valence-electron chi connectivity index (χ2n) is 6.05. The van der Waals surface area contributed by atoms with Gasteiger partial charge in [0.2, 0.25) is 15.9 Å². The van der Waals surface area contributed by atoms with Crippen molar-refractivity contribution in [2.45, 2.75) is 24.4 Å². The summed E-state index contributed by atoms with van der Waals surface area (Å²) >= 11 is 0.